The molecule has 0 aromatic rings. The zero-order chi connectivity index (χ0) is 15.1. The lowest BCUT2D eigenvalue weighted by molar-refractivity contribution is -0.124. The topological polar surface area (TPSA) is 78.5 Å². The molecular weight excluding hydrogens is 290 g/mol. The summed E-state index contributed by atoms with van der Waals surface area (Å²) in [6.45, 7) is 1.24. The van der Waals surface area contributed by atoms with Crippen molar-refractivity contribution in [3.63, 3.8) is 0 Å². The fourth-order valence-corrected chi connectivity index (χ4v) is 3.56. The lowest BCUT2D eigenvalue weighted by Crippen LogP contribution is -2.42. The zero-order valence-corrected chi connectivity index (χ0v) is 13.0. The van der Waals surface area contributed by atoms with Gasteiger partial charge in [0.25, 0.3) is 5.24 Å². The molecule has 1 saturated carbocycles. The second-order valence-electron chi connectivity index (χ2n) is 5.58. The van der Waals surface area contributed by atoms with E-state index in [1.54, 1.807) is 0 Å². The minimum atomic E-state index is -0.224. The number of urea groups is 1. The average molecular weight is 313 g/mol. The Labute approximate surface area is 129 Å². The summed E-state index contributed by atoms with van der Waals surface area (Å²) >= 11 is 1.01. The third kappa shape index (κ3) is 5.22. The standard InChI is InChI=1S/C14H23N3O3S/c18-12-10-21-14(20)17(12)9-8-16-13(19)15-7-6-11-4-2-1-3-5-11/h11H,1-10H2,(H2,15,16,19). The summed E-state index contributed by atoms with van der Waals surface area (Å²) in [4.78, 5) is 35.5. The lowest BCUT2D eigenvalue weighted by atomic mass is 9.87. The normalized spacial score (nSPS) is 19.9. The molecule has 118 valence electrons. The fourth-order valence-electron chi connectivity index (χ4n) is 2.81. The van der Waals surface area contributed by atoms with Crippen LogP contribution in [0.15, 0.2) is 0 Å². The Morgan fingerprint density at radius 2 is 1.86 bits per heavy atom. The van der Waals surface area contributed by atoms with E-state index < -0.39 is 0 Å². The Bertz CT molecular complexity index is 381. The first-order valence-electron chi connectivity index (χ1n) is 7.65. The van der Waals surface area contributed by atoms with Crippen LogP contribution >= 0.6 is 11.8 Å². The highest BCUT2D eigenvalue weighted by atomic mass is 32.2. The van der Waals surface area contributed by atoms with Crippen molar-refractivity contribution < 1.29 is 14.4 Å². The maximum Gasteiger partial charge on any atom is 0.314 e. The Kier molecular flexibility index (Phi) is 6.35. The molecule has 1 aliphatic carbocycles. The third-order valence-electron chi connectivity index (χ3n) is 4.02. The van der Waals surface area contributed by atoms with E-state index >= 15 is 0 Å². The second-order valence-corrected chi connectivity index (χ2v) is 6.50. The molecule has 2 rings (SSSR count). The van der Waals surface area contributed by atoms with E-state index in [4.69, 9.17) is 0 Å². The third-order valence-corrected chi connectivity index (χ3v) is 4.88. The van der Waals surface area contributed by atoms with Crippen LogP contribution < -0.4 is 10.6 Å². The average Bonchev–Trinajstić information content (AvgIpc) is 2.80. The first kappa shape index (κ1) is 16.1. The van der Waals surface area contributed by atoms with Crippen LogP contribution in [-0.4, -0.2) is 47.5 Å². The summed E-state index contributed by atoms with van der Waals surface area (Å²) in [5.74, 6) is 0.785. The summed E-state index contributed by atoms with van der Waals surface area (Å²) in [5.41, 5.74) is 0. The van der Waals surface area contributed by atoms with Gasteiger partial charge in [-0.15, -0.1) is 0 Å². The lowest BCUT2D eigenvalue weighted by Gasteiger charge is -2.21. The largest absolute Gasteiger partial charge is 0.338 e. The van der Waals surface area contributed by atoms with Crippen molar-refractivity contribution in [3.8, 4) is 0 Å². The van der Waals surface area contributed by atoms with E-state index in [1.165, 1.54) is 37.0 Å². The van der Waals surface area contributed by atoms with Gasteiger partial charge in [-0.3, -0.25) is 14.5 Å². The van der Waals surface area contributed by atoms with E-state index in [9.17, 15) is 14.4 Å². The fraction of sp³-hybridized carbons (Fsp3) is 0.786. The Hall–Kier alpha value is -1.24. The van der Waals surface area contributed by atoms with Crippen molar-refractivity contribution in [3.05, 3.63) is 0 Å². The van der Waals surface area contributed by atoms with Crippen LogP contribution in [0.5, 0.6) is 0 Å². The molecule has 4 amide bonds. The minimum absolute atomic E-state index is 0.176. The van der Waals surface area contributed by atoms with Gasteiger partial charge in [-0.1, -0.05) is 43.9 Å². The highest BCUT2D eigenvalue weighted by Gasteiger charge is 2.29. The quantitative estimate of drug-likeness (QED) is 0.785. The smallest absolute Gasteiger partial charge is 0.314 e. The van der Waals surface area contributed by atoms with Gasteiger partial charge in [0.1, 0.15) is 0 Å². The molecule has 1 aliphatic heterocycles. The first-order valence-corrected chi connectivity index (χ1v) is 8.64. The van der Waals surface area contributed by atoms with Crippen LogP contribution in [0, 0.1) is 5.92 Å². The van der Waals surface area contributed by atoms with Crippen LogP contribution in [0.3, 0.4) is 0 Å². The van der Waals surface area contributed by atoms with Gasteiger partial charge < -0.3 is 10.6 Å². The van der Waals surface area contributed by atoms with Gasteiger partial charge >= 0.3 is 6.03 Å². The predicted molar refractivity (Wildman–Crippen MR) is 82.2 cm³/mol. The molecule has 1 heterocycles. The number of carbonyl (C=O) groups excluding carboxylic acids is 3. The molecule has 0 unspecified atom stereocenters. The summed E-state index contributed by atoms with van der Waals surface area (Å²) in [6.07, 6.45) is 7.56. The van der Waals surface area contributed by atoms with Crippen molar-refractivity contribution in [2.24, 2.45) is 5.92 Å². The zero-order valence-electron chi connectivity index (χ0n) is 12.2. The number of hydrogen-bond acceptors (Lipinski definition) is 4. The summed E-state index contributed by atoms with van der Waals surface area (Å²) in [6, 6.07) is -0.224. The number of amides is 4. The van der Waals surface area contributed by atoms with Crippen LogP contribution in [0.1, 0.15) is 38.5 Å². The van der Waals surface area contributed by atoms with Crippen molar-refractivity contribution in [1.82, 2.24) is 15.5 Å². The van der Waals surface area contributed by atoms with Gasteiger partial charge in [-0.05, 0) is 12.3 Å². The molecule has 2 fully saturated rings. The molecule has 0 spiro atoms. The summed E-state index contributed by atoms with van der Waals surface area (Å²) in [5, 5.41) is 5.29. The number of hydrogen-bond donors (Lipinski definition) is 2. The van der Waals surface area contributed by atoms with Crippen LogP contribution in [0.2, 0.25) is 0 Å². The van der Waals surface area contributed by atoms with Crippen molar-refractivity contribution in [2.45, 2.75) is 38.5 Å². The van der Waals surface area contributed by atoms with Crippen molar-refractivity contribution >= 4 is 28.9 Å². The molecule has 7 heteroatoms. The van der Waals surface area contributed by atoms with E-state index in [2.05, 4.69) is 10.6 Å². The molecule has 1 saturated heterocycles. The van der Waals surface area contributed by atoms with Gasteiger partial charge in [0, 0.05) is 19.6 Å². The van der Waals surface area contributed by atoms with Gasteiger partial charge in [0.2, 0.25) is 5.91 Å². The highest BCUT2D eigenvalue weighted by molar-refractivity contribution is 8.14. The maximum atomic E-state index is 11.6. The Balaban J connectivity index is 1.53. The maximum absolute atomic E-state index is 11.6. The molecule has 0 atom stereocenters. The first-order chi connectivity index (χ1) is 10.2. The van der Waals surface area contributed by atoms with Gasteiger partial charge in [0.05, 0.1) is 5.75 Å². The summed E-state index contributed by atoms with van der Waals surface area (Å²) in [7, 11) is 0. The van der Waals surface area contributed by atoms with E-state index in [1.807, 2.05) is 0 Å². The molecular formula is C14H23N3O3S. The van der Waals surface area contributed by atoms with E-state index in [-0.39, 0.29) is 29.5 Å². The molecule has 0 radical (unpaired) electrons. The molecule has 0 aromatic carbocycles. The minimum Gasteiger partial charge on any atom is -0.338 e. The Morgan fingerprint density at radius 1 is 1.14 bits per heavy atom. The van der Waals surface area contributed by atoms with Crippen LogP contribution in [-0.2, 0) is 4.79 Å². The number of nitrogens with zero attached hydrogens (tertiary/aromatic N) is 1. The number of carbonyl (C=O) groups is 3. The van der Waals surface area contributed by atoms with Crippen LogP contribution in [0.4, 0.5) is 9.59 Å². The monoisotopic (exact) mass is 313 g/mol. The number of imide groups is 1. The second kappa shape index (κ2) is 8.26. The SMILES string of the molecule is O=C(NCCC1CCCCC1)NCCN1C(=O)CSC1=O. The number of rotatable bonds is 6. The van der Waals surface area contributed by atoms with Gasteiger partial charge in [-0.2, -0.15) is 0 Å². The number of nitrogens with one attached hydrogen (secondary N) is 2. The molecule has 0 aromatic heterocycles. The van der Waals surface area contributed by atoms with Crippen LogP contribution in [0.25, 0.3) is 0 Å². The molecule has 0 bridgehead atoms. The number of thioether (sulfide) groups is 1. The van der Waals surface area contributed by atoms with E-state index in [0.29, 0.717) is 13.1 Å². The van der Waals surface area contributed by atoms with Gasteiger partial charge in [0.15, 0.2) is 0 Å². The molecule has 21 heavy (non-hydrogen) atoms. The summed E-state index contributed by atoms with van der Waals surface area (Å²) < 4.78 is 0. The van der Waals surface area contributed by atoms with E-state index in [0.717, 1.165) is 24.1 Å². The predicted octanol–water partition coefficient (Wildman–Crippen LogP) is 1.95. The highest BCUT2D eigenvalue weighted by Crippen LogP contribution is 2.25. The molecule has 2 N–H and O–H groups in total. The molecule has 6 nitrogen and oxygen atoms in total. The molecule has 2 aliphatic rings. The van der Waals surface area contributed by atoms with Gasteiger partial charge in [-0.25, -0.2) is 4.79 Å². The Morgan fingerprint density at radius 3 is 2.52 bits per heavy atom. The van der Waals surface area contributed by atoms with Crippen molar-refractivity contribution in [1.29, 1.82) is 0 Å². The van der Waals surface area contributed by atoms with Crippen molar-refractivity contribution in [2.75, 3.05) is 25.4 Å².